The number of hydrogen-bond donors (Lipinski definition) is 6. The van der Waals surface area contributed by atoms with Crippen molar-refractivity contribution >= 4 is 94.9 Å². The molecule has 0 saturated carbocycles. The summed E-state index contributed by atoms with van der Waals surface area (Å²) >= 11 is 6.05. The van der Waals surface area contributed by atoms with Gasteiger partial charge in [0.1, 0.15) is 21.2 Å². The maximum absolute atomic E-state index is 13.7. The largest absolute Gasteiger partial charge is 0.397 e. The summed E-state index contributed by atoms with van der Waals surface area (Å²) in [4.78, 5) is 11.9. The van der Waals surface area contributed by atoms with E-state index in [1.807, 2.05) is 12.1 Å². The number of anilines is 4. The predicted molar refractivity (Wildman–Crippen MR) is 203 cm³/mol. The van der Waals surface area contributed by atoms with Gasteiger partial charge in [0, 0.05) is 0 Å². The molecule has 0 radical (unpaired) electrons. The number of nitrogen functional groups attached to an aromatic ring is 3. The summed E-state index contributed by atoms with van der Waals surface area (Å²) in [5, 5.41) is 20.6. The third-order valence-corrected chi connectivity index (χ3v) is 9.74. The first kappa shape index (κ1) is 36.5. The molecule has 0 bridgehead atoms. The number of hydrazone groups is 1. The molecule has 6 rings (SSSR count). The molecule has 16 nitrogen and oxygen atoms in total. The van der Waals surface area contributed by atoms with Gasteiger partial charge in [0.15, 0.2) is 5.71 Å². The van der Waals surface area contributed by atoms with E-state index in [0.717, 1.165) is 23.3 Å². The highest BCUT2D eigenvalue weighted by molar-refractivity contribution is 7.91. The van der Waals surface area contributed by atoms with Gasteiger partial charge in [0.25, 0.3) is 20.2 Å². The number of benzene rings is 5. The van der Waals surface area contributed by atoms with Crippen LogP contribution in [0.25, 0.3) is 17.2 Å². The zero-order chi connectivity index (χ0) is 38.1. The molecule has 0 amide bonds. The molecule has 5 aromatic rings. The van der Waals surface area contributed by atoms with Crippen LogP contribution in [0.4, 0.5) is 45.5 Å². The van der Waals surface area contributed by atoms with Crippen LogP contribution in [0.15, 0.2) is 132 Å². The molecule has 0 saturated heterocycles. The van der Waals surface area contributed by atoms with Gasteiger partial charge in [-0.3, -0.25) is 19.3 Å². The first-order valence-corrected chi connectivity index (χ1v) is 18.3. The Hall–Kier alpha value is -6.31. The number of carbonyl (C=O) groups is 1. The van der Waals surface area contributed by atoms with Crippen LogP contribution in [0.5, 0.6) is 0 Å². The second-order valence-electron chi connectivity index (χ2n) is 11.3. The number of halogens is 1. The molecule has 1 aliphatic carbocycles. The van der Waals surface area contributed by atoms with Crippen LogP contribution in [-0.4, -0.2) is 37.4 Å². The van der Waals surface area contributed by atoms with Gasteiger partial charge in [-0.1, -0.05) is 54.1 Å². The number of carbonyl (C=O) groups excluding carboxylic acids is 1. The molecule has 53 heavy (non-hydrogen) atoms. The van der Waals surface area contributed by atoms with Gasteiger partial charge in [-0.15, -0.1) is 10.2 Å². The average Bonchev–Trinajstić information content (AvgIpc) is 3.11. The summed E-state index contributed by atoms with van der Waals surface area (Å²) in [7, 11) is -10.1. The van der Waals surface area contributed by atoms with Gasteiger partial charge in [-0.25, -0.2) is 0 Å². The Bertz CT molecular complexity index is 2630. The molecule has 19 heteroatoms. The zero-order valence-corrected chi connectivity index (χ0v) is 29.3. The van der Waals surface area contributed by atoms with E-state index in [4.69, 9.17) is 28.8 Å². The smallest absolute Gasteiger partial charge is 0.296 e. The Morgan fingerprint density at radius 3 is 1.83 bits per heavy atom. The molecule has 0 fully saturated rings. The van der Waals surface area contributed by atoms with Gasteiger partial charge in [0.05, 0.1) is 44.7 Å². The number of fused-ring (bicyclic) bond motifs is 1. The van der Waals surface area contributed by atoms with Crippen molar-refractivity contribution in [3.63, 3.8) is 0 Å². The lowest BCUT2D eigenvalue weighted by Crippen LogP contribution is -2.28. The lowest BCUT2D eigenvalue weighted by Gasteiger charge is -2.20. The van der Waals surface area contributed by atoms with E-state index in [1.54, 1.807) is 66.7 Å². The van der Waals surface area contributed by atoms with Gasteiger partial charge in [-0.2, -0.15) is 32.2 Å². The third-order valence-electron chi connectivity index (χ3n) is 7.67. The van der Waals surface area contributed by atoms with Crippen LogP contribution in [-0.2, 0) is 20.2 Å². The lowest BCUT2D eigenvalue weighted by atomic mass is 9.92. The number of ketones is 1. The Kier molecular flexibility index (Phi) is 9.89. The molecule has 268 valence electrons. The van der Waals surface area contributed by atoms with Gasteiger partial charge in [0.2, 0.25) is 5.78 Å². The number of rotatable bonds is 9. The fraction of sp³-hybridized carbons (Fsp3) is 0. The summed E-state index contributed by atoms with van der Waals surface area (Å²) in [5.74, 6) is -1.08. The molecule has 9 N–H and O–H groups in total. The van der Waals surface area contributed by atoms with Crippen LogP contribution < -0.4 is 22.6 Å². The molecule has 0 unspecified atom stereocenters. The van der Waals surface area contributed by atoms with Crippen molar-refractivity contribution in [1.82, 2.24) is 0 Å². The van der Waals surface area contributed by atoms with E-state index in [2.05, 4.69) is 31.0 Å². The topological polar surface area (TPSA) is 278 Å². The fourth-order valence-electron chi connectivity index (χ4n) is 5.08. The van der Waals surface area contributed by atoms with Crippen molar-refractivity contribution in [2.24, 2.45) is 25.6 Å². The number of hydrogen-bond acceptors (Lipinski definition) is 14. The van der Waals surface area contributed by atoms with E-state index >= 15 is 0 Å². The number of nitrogens with one attached hydrogen (secondary N) is 1. The third kappa shape index (κ3) is 7.96. The zero-order valence-electron chi connectivity index (χ0n) is 26.9. The van der Waals surface area contributed by atoms with Crippen molar-refractivity contribution < 1.29 is 30.7 Å². The molecule has 0 heterocycles. The molecule has 0 aromatic heterocycles. The van der Waals surface area contributed by atoms with Crippen LogP contribution in [0, 0.1) is 0 Å². The summed E-state index contributed by atoms with van der Waals surface area (Å²) < 4.78 is 69.3. The second kappa shape index (κ2) is 14.4. The number of azo groups is 2. The molecule has 0 spiro atoms. The minimum Gasteiger partial charge on any atom is -0.397 e. The van der Waals surface area contributed by atoms with Gasteiger partial charge < -0.3 is 17.2 Å². The van der Waals surface area contributed by atoms with Crippen LogP contribution in [0.1, 0.15) is 15.9 Å². The maximum Gasteiger partial charge on any atom is 0.296 e. The standard InChI is InChI=1S/C34H26ClN9O7S2/c35-24-16-27(26(37)17-25(24)36)42-39-22-10-6-18(7-11-22)19-8-12-23(13-9-19)41-43-32-28(52(46,47)48)14-20-15-29(53(49,50)51)33(34(45)30(20)31(32)38)44-40-21-4-2-1-3-5-21/h1-17,40H,36-38H2,(H,46,47,48)(H,49,50,51). The van der Waals surface area contributed by atoms with Crippen molar-refractivity contribution in [2.75, 3.05) is 22.6 Å². The van der Waals surface area contributed by atoms with Crippen LogP contribution in [0.2, 0.25) is 5.02 Å². The Labute approximate surface area is 306 Å². The van der Waals surface area contributed by atoms with E-state index in [-0.39, 0.29) is 16.8 Å². The van der Waals surface area contributed by atoms with Gasteiger partial charge in [-0.05, 0) is 77.4 Å². The minimum absolute atomic E-state index is 0.242. The molecule has 1 aliphatic rings. The molecule has 5 aromatic carbocycles. The SMILES string of the molecule is Nc1cc(N)c(N=Nc2ccc(-c3ccc(N=Nc4c(S(=O)(=O)O)cc5c(c4N)C(=O)C(=NNc4ccccc4)C(S(=O)(=O)O)=C5)cc3)cc2)cc1Cl. The van der Waals surface area contributed by atoms with Crippen molar-refractivity contribution in [3.05, 3.63) is 118 Å². The summed E-state index contributed by atoms with van der Waals surface area (Å²) in [6, 6.07) is 25.7. The quantitative estimate of drug-likeness (QED) is 0.0365. The van der Waals surface area contributed by atoms with Crippen LogP contribution >= 0.6 is 11.6 Å². The number of para-hydroxylation sites is 1. The first-order chi connectivity index (χ1) is 25.1. The first-order valence-electron chi connectivity index (χ1n) is 15.1. The second-order valence-corrected chi connectivity index (χ2v) is 14.4. The minimum atomic E-state index is -5.06. The van der Waals surface area contributed by atoms with Crippen molar-refractivity contribution in [2.45, 2.75) is 4.90 Å². The molecule has 0 aliphatic heterocycles. The number of allylic oxidation sites excluding steroid dienone is 1. The highest BCUT2D eigenvalue weighted by Gasteiger charge is 2.37. The van der Waals surface area contributed by atoms with Gasteiger partial charge >= 0.3 is 0 Å². The number of Topliss-reactive ketones (excluding diaryl/α,β-unsaturated/α-hetero) is 1. The normalized spacial score (nSPS) is 14.1. The Balaban J connectivity index is 1.29. The van der Waals surface area contributed by atoms with Crippen molar-refractivity contribution in [3.8, 4) is 11.1 Å². The Morgan fingerprint density at radius 2 is 1.26 bits per heavy atom. The Morgan fingerprint density at radius 1 is 0.679 bits per heavy atom. The molecule has 0 atom stereocenters. The highest BCUT2D eigenvalue weighted by Crippen LogP contribution is 2.41. The van der Waals surface area contributed by atoms with E-state index in [9.17, 15) is 30.7 Å². The summed E-state index contributed by atoms with van der Waals surface area (Å²) in [6.07, 6.45) is 0.809. The maximum atomic E-state index is 13.7. The van der Waals surface area contributed by atoms with E-state index < -0.39 is 52.9 Å². The fourth-order valence-corrected chi connectivity index (χ4v) is 6.56. The lowest BCUT2D eigenvalue weighted by molar-refractivity contribution is 0.106. The van der Waals surface area contributed by atoms with E-state index in [0.29, 0.717) is 33.5 Å². The van der Waals surface area contributed by atoms with Crippen molar-refractivity contribution in [1.29, 1.82) is 0 Å². The summed E-state index contributed by atoms with van der Waals surface area (Å²) in [5.41, 5.74) is 21.7. The monoisotopic (exact) mass is 771 g/mol. The van der Waals surface area contributed by atoms with Crippen LogP contribution in [0.3, 0.4) is 0 Å². The highest BCUT2D eigenvalue weighted by atomic mass is 35.5. The van der Waals surface area contributed by atoms with E-state index in [1.165, 1.54) is 12.1 Å². The number of nitrogens with zero attached hydrogens (tertiary/aromatic N) is 5. The predicted octanol–water partition coefficient (Wildman–Crippen LogP) is 7.72. The summed E-state index contributed by atoms with van der Waals surface area (Å²) in [6.45, 7) is 0. The molecular weight excluding hydrogens is 746 g/mol. The number of nitrogens with two attached hydrogens (primary N) is 3. The molecular formula is C34H26ClN9O7S2. The average molecular weight is 772 g/mol.